The molecule has 2 aromatic rings. The number of hydrogen-bond acceptors (Lipinski definition) is 3. The predicted molar refractivity (Wildman–Crippen MR) is 118 cm³/mol. The van der Waals surface area contributed by atoms with Crippen molar-refractivity contribution in [1.29, 1.82) is 0 Å². The number of carbonyl (C=O) groups is 1. The highest BCUT2D eigenvalue weighted by Gasteiger charge is 2.32. The third-order valence-electron chi connectivity index (χ3n) is 5.28. The second-order valence-corrected chi connectivity index (χ2v) is 10.3. The molecule has 1 amide bonds. The van der Waals surface area contributed by atoms with E-state index in [0.717, 1.165) is 16.8 Å². The molecule has 29 heavy (non-hydrogen) atoms. The number of sulfonamides is 1. The Labute approximate surface area is 182 Å². The van der Waals surface area contributed by atoms with Crippen molar-refractivity contribution >= 4 is 44.8 Å². The number of piperidine rings is 1. The van der Waals surface area contributed by atoms with Crippen LogP contribution in [0.4, 0.5) is 5.69 Å². The Bertz CT molecular complexity index is 1020. The van der Waals surface area contributed by atoms with E-state index in [0.29, 0.717) is 35.0 Å². The summed E-state index contributed by atoms with van der Waals surface area (Å²) in [6.07, 6.45) is 1.29. The zero-order valence-electron chi connectivity index (χ0n) is 16.4. The van der Waals surface area contributed by atoms with Crippen LogP contribution in [0, 0.1) is 19.8 Å². The molecule has 2 aromatic carbocycles. The maximum absolute atomic E-state index is 12.9. The monoisotopic (exact) mass is 454 g/mol. The van der Waals surface area contributed by atoms with Gasteiger partial charge in [-0.05, 0) is 67.6 Å². The third kappa shape index (κ3) is 5.51. The zero-order chi connectivity index (χ0) is 21.2. The molecule has 1 fully saturated rings. The Morgan fingerprint density at radius 3 is 2.59 bits per heavy atom. The van der Waals surface area contributed by atoms with Crippen molar-refractivity contribution < 1.29 is 13.2 Å². The smallest absolute Gasteiger partial charge is 0.228 e. The number of benzene rings is 2. The highest BCUT2D eigenvalue weighted by molar-refractivity contribution is 7.88. The molecule has 3 rings (SSSR count). The van der Waals surface area contributed by atoms with Gasteiger partial charge in [0.05, 0.1) is 11.7 Å². The topological polar surface area (TPSA) is 66.5 Å². The number of aryl methyl sites for hydroxylation is 2. The molecule has 0 spiro atoms. The highest BCUT2D eigenvalue weighted by atomic mass is 35.5. The van der Waals surface area contributed by atoms with Crippen LogP contribution >= 0.6 is 23.2 Å². The fourth-order valence-electron chi connectivity index (χ4n) is 3.40. The maximum atomic E-state index is 12.9. The lowest BCUT2D eigenvalue weighted by atomic mass is 9.98. The van der Waals surface area contributed by atoms with Gasteiger partial charge in [0.25, 0.3) is 0 Å². The molecule has 8 heteroatoms. The summed E-state index contributed by atoms with van der Waals surface area (Å²) in [5.74, 6) is -0.757. The van der Waals surface area contributed by atoms with Gasteiger partial charge in [-0.2, -0.15) is 0 Å². The van der Waals surface area contributed by atoms with Crippen molar-refractivity contribution in [2.75, 3.05) is 18.4 Å². The summed E-state index contributed by atoms with van der Waals surface area (Å²) in [6.45, 7) is 4.57. The number of amides is 1. The number of rotatable bonds is 5. The summed E-state index contributed by atoms with van der Waals surface area (Å²) in [4.78, 5) is 12.7. The molecule has 0 radical (unpaired) electrons. The van der Waals surface area contributed by atoms with Crippen molar-refractivity contribution in [2.24, 2.45) is 5.92 Å². The van der Waals surface area contributed by atoms with Crippen LogP contribution in [0.5, 0.6) is 0 Å². The largest absolute Gasteiger partial charge is 0.326 e. The van der Waals surface area contributed by atoms with E-state index in [1.807, 2.05) is 32.0 Å². The summed E-state index contributed by atoms with van der Waals surface area (Å²) in [5, 5.41) is 3.70. The molecule has 0 aliphatic carbocycles. The lowest BCUT2D eigenvalue weighted by Gasteiger charge is -2.31. The van der Waals surface area contributed by atoms with E-state index >= 15 is 0 Å². The molecule has 0 bridgehead atoms. The van der Waals surface area contributed by atoms with Gasteiger partial charge < -0.3 is 5.32 Å². The van der Waals surface area contributed by atoms with E-state index in [1.54, 1.807) is 12.1 Å². The van der Waals surface area contributed by atoms with Crippen LogP contribution in [0.1, 0.15) is 29.5 Å². The molecule has 1 aliphatic heterocycles. The lowest BCUT2D eigenvalue weighted by molar-refractivity contribution is -0.120. The standard InChI is InChI=1S/C21H24Cl2N2O3S/c1-14-5-8-19(10-15(14)2)24-21(26)16-4-3-9-25(12-16)29(27,28)13-17-6-7-18(22)11-20(17)23/h5-8,10-11,16H,3-4,9,12-13H2,1-2H3,(H,24,26). The summed E-state index contributed by atoms with van der Waals surface area (Å²) in [7, 11) is -3.60. The minimum Gasteiger partial charge on any atom is -0.326 e. The van der Waals surface area contributed by atoms with Crippen LogP contribution < -0.4 is 5.32 Å². The first-order valence-corrected chi connectivity index (χ1v) is 11.8. The lowest BCUT2D eigenvalue weighted by Crippen LogP contribution is -2.44. The average Bonchev–Trinajstić information content (AvgIpc) is 2.67. The summed E-state index contributed by atoms with van der Waals surface area (Å²) >= 11 is 12.0. The maximum Gasteiger partial charge on any atom is 0.228 e. The normalized spacial score (nSPS) is 17.9. The van der Waals surface area contributed by atoms with Crippen molar-refractivity contribution in [3.05, 3.63) is 63.1 Å². The number of halogens is 2. The third-order valence-corrected chi connectivity index (χ3v) is 7.66. The van der Waals surface area contributed by atoms with Gasteiger partial charge in [0.2, 0.25) is 15.9 Å². The van der Waals surface area contributed by atoms with E-state index in [9.17, 15) is 13.2 Å². The van der Waals surface area contributed by atoms with Gasteiger partial charge in [0, 0.05) is 28.8 Å². The number of hydrogen-bond donors (Lipinski definition) is 1. The number of carbonyl (C=O) groups excluding carboxylic acids is 1. The molecule has 1 unspecified atom stereocenters. The Balaban J connectivity index is 1.68. The summed E-state index contributed by atoms with van der Waals surface area (Å²) in [6, 6.07) is 10.5. The number of nitrogens with one attached hydrogen (secondary N) is 1. The zero-order valence-corrected chi connectivity index (χ0v) is 18.7. The Kier molecular flexibility index (Phi) is 6.89. The second kappa shape index (κ2) is 9.04. The fraction of sp³-hybridized carbons (Fsp3) is 0.381. The van der Waals surface area contributed by atoms with E-state index in [-0.39, 0.29) is 24.1 Å². The van der Waals surface area contributed by atoms with Gasteiger partial charge in [-0.1, -0.05) is 35.3 Å². The van der Waals surface area contributed by atoms with E-state index in [2.05, 4.69) is 5.32 Å². The first-order valence-electron chi connectivity index (χ1n) is 9.45. The van der Waals surface area contributed by atoms with Crippen LogP contribution in [0.3, 0.4) is 0 Å². The van der Waals surface area contributed by atoms with Crippen LogP contribution in [-0.4, -0.2) is 31.7 Å². The van der Waals surface area contributed by atoms with E-state index in [1.165, 1.54) is 10.4 Å². The minimum atomic E-state index is -3.60. The fourth-order valence-corrected chi connectivity index (χ4v) is 5.60. The molecule has 1 saturated heterocycles. The van der Waals surface area contributed by atoms with Crippen LogP contribution in [-0.2, 0) is 20.6 Å². The minimum absolute atomic E-state index is 0.155. The predicted octanol–water partition coefficient (Wildman–Crippen LogP) is 4.79. The Morgan fingerprint density at radius 1 is 1.14 bits per heavy atom. The highest BCUT2D eigenvalue weighted by Crippen LogP contribution is 2.27. The van der Waals surface area contributed by atoms with Gasteiger partial charge in [-0.15, -0.1) is 0 Å². The van der Waals surface area contributed by atoms with Gasteiger partial charge in [0.15, 0.2) is 0 Å². The molecule has 1 atom stereocenters. The number of nitrogens with zero attached hydrogens (tertiary/aromatic N) is 1. The quantitative estimate of drug-likeness (QED) is 0.705. The van der Waals surface area contributed by atoms with Crippen molar-refractivity contribution in [1.82, 2.24) is 4.31 Å². The van der Waals surface area contributed by atoms with Crippen molar-refractivity contribution in [3.8, 4) is 0 Å². The van der Waals surface area contributed by atoms with Crippen molar-refractivity contribution in [3.63, 3.8) is 0 Å². The summed E-state index contributed by atoms with van der Waals surface area (Å²) in [5.41, 5.74) is 3.47. The number of anilines is 1. The van der Waals surface area contributed by atoms with Crippen molar-refractivity contribution in [2.45, 2.75) is 32.4 Å². The van der Waals surface area contributed by atoms with Gasteiger partial charge in [0.1, 0.15) is 0 Å². The van der Waals surface area contributed by atoms with Gasteiger partial charge in [-0.3, -0.25) is 4.79 Å². The average molecular weight is 455 g/mol. The van der Waals surface area contributed by atoms with Crippen LogP contribution in [0.15, 0.2) is 36.4 Å². The molecular weight excluding hydrogens is 431 g/mol. The first-order chi connectivity index (χ1) is 13.7. The Hall–Kier alpha value is -1.60. The van der Waals surface area contributed by atoms with Crippen LogP contribution in [0.25, 0.3) is 0 Å². The molecule has 1 heterocycles. The van der Waals surface area contributed by atoms with E-state index < -0.39 is 10.0 Å². The van der Waals surface area contributed by atoms with E-state index in [4.69, 9.17) is 23.2 Å². The molecular formula is C21H24Cl2N2O3S. The molecule has 0 aromatic heterocycles. The molecule has 1 aliphatic rings. The Morgan fingerprint density at radius 2 is 1.90 bits per heavy atom. The molecule has 0 saturated carbocycles. The van der Waals surface area contributed by atoms with Gasteiger partial charge >= 0.3 is 0 Å². The molecule has 1 N–H and O–H groups in total. The van der Waals surface area contributed by atoms with Gasteiger partial charge in [-0.25, -0.2) is 12.7 Å². The SMILES string of the molecule is Cc1ccc(NC(=O)C2CCCN(S(=O)(=O)Cc3ccc(Cl)cc3Cl)C2)cc1C. The summed E-state index contributed by atoms with van der Waals surface area (Å²) < 4.78 is 27.2. The first kappa shape index (κ1) is 22.1. The molecule has 5 nitrogen and oxygen atoms in total. The molecule has 156 valence electrons. The second-order valence-electron chi connectivity index (χ2n) is 7.48. The van der Waals surface area contributed by atoms with Crippen LogP contribution in [0.2, 0.25) is 10.0 Å².